The average Bonchev–Trinajstić information content (AvgIpc) is 3.37. The number of nitrogens with one attached hydrogen (secondary N) is 2. The maximum Gasteiger partial charge on any atom is 0.222 e. The third-order valence-electron chi connectivity index (χ3n) is 4.15. The molecule has 1 fully saturated rings. The number of para-hydroxylation sites is 1. The summed E-state index contributed by atoms with van der Waals surface area (Å²) in [5.74, 6) is 0.886. The van der Waals surface area contributed by atoms with Gasteiger partial charge in [-0.3, -0.25) is 9.59 Å². The third-order valence-corrected chi connectivity index (χ3v) is 4.15. The molecule has 2 unspecified atom stereocenters. The Morgan fingerprint density at radius 1 is 1.28 bits per heavy atom. The molecule has 4 N–H and O–H groups in total. The van der Waals surface area contributed by atoms with E-state index in [1.54, 1.807) is 0 Å². The van der Waals surface area contributed by atoms with Gasteiger partial charge in [-0.25, -0.2) is 0 Å². The molecule has 1 aromatic rings. The fourth-order valence-corrected chi connectivity index (χ4v) is 2.86. The van der Waals surface area contributed by atoms with E-state index in [0.29, 0.717) is 24.8 Å². The predicted octanol–water partition coefficient (Wildman–Crippen LogP) is 1.93. The van der Waals surface area contributed by atoms with E-state index in [9.17, 15) is 9.59 Å². The molecule has 0 heterocycles. The van der Waals surface area contributed by atoms with E-state index < -0.39 is 6.04 Å². The molecule has 0 aromatic heterocycles. The van der Waals surface area contributed by atoms with Crippen LogP contribution in [0.4, 0.5) is 0 Å². The molecule has 0 spiro atoms. The molecule has 25 heavy (non-hydrogen) atoms. The van der Waals surface area contributed by atoms with Crippen molar-refractivity contribution in [2.75, 3.05) is 13.2 Å². The van der Waals surface area contributed by atoms with E-state index in [2.05, 4.69) is 10.6 Å². The second-order valence-electron chi connectivity index (χ2n) is 6.18. The SMILES string of the molecule is CCOc1ccccc1C(CC(=O)NC(CN)C1CC1)NC(C)=O.Cl. The van der Waals surface area contributed by atoms with Gasteiger partial charge < -0.3 is 21.1 Å². The van der Waals surface area contributed by atoms with Gasteiger partial charge in [-0.05, 0) is 31.7 Å². The molecule has 7 heteroatoms. The van der Waals surface area contributed by atoms with E-state index >= 15 is 0 Å². The van der Waals surface area contributed by atoms with Gasteiger partial charge >= 0.3 is 0 Å². The predicted molar refractivity (Wildman–Crippen MR) is 99.7 cm³/mol. The van der Waals surface area contributed by atoms with Gasteiger partial charge in [0.25, 0.3) is 0 Å². The fraction of sp³-hybridized carbons (Fsp3) is 0.556. The standard InChI is InChI=1S/C18H27N3O3.ClH/c1-3-24-17-7-5-4-6-14(17)15(20-12(2)22)10-18(23)21-16(11-19)13-8-9-13;/h4-7,13,15-16H,3,8-11,19H2,1-2H3,(H,20,22)(H,21,23);1H. The second-order valence-corrected chi connectivity index (χ2v) is 6.18. The molecule has 0 radical (unpaired) electrons. The number of amides is 2. The highest BCUT2D eigenvalue weighted by Crippen LogP contribution is 2.32. The maximum absolute atomic E-state index is 12.4. The van der Waals surface area contributed by atoms with E-state index in [0.717, 1.165) is 18.4 Å². The van der Waals surface area contributed by atoms with Gasteiger partial charge in [0.15, 0.2) is 0 Å². The monoisotopic (exact) mass is 369 g/mol. The van der Waals surface area contributed by atoms with E-state index in [1.165, 1.54) is 6.92 Å². The first kappa shape index (κ1) is 21.3. The Morgan fingerprint density at radius 3 is 2.52 bits per heavy atom. The van der Waals surface area contributed by atoms with Crippen molar-refractivity contribution in [3.05, 3.63) is 29.8 Å². The zero-order valence-corrected chi connectivity index (χ0v) is 15.6. The van der Waals surface area contributed by atoms with Crippen LogP contribution in [0.3, 0.4) is 0 Å². The summed E-state index contributed by atoms with van der Waals surface area (Å²) in [6.45, 7) is 4.31. The zero-order valence-electron chi connectivity index (χ0n) is 14.8. The number of hydrogen-bond donors (Lipinski definition) is 3. The largest absolute Gasteiger partial charge is 0.494 e. The van der Waals surface area contributed by atoms with Crippen molar-refractivity contribution in [3.8, 4) is 5.75 Å². The molecule has 1 saturated carbocycles. The number of nitrogens with two attached hydrogens (primary N) is 1. The van der Waals surface area contributed by atoms with Crippen molar-refractivity contribution in [1.82, 2.24) is 10.6 Å². The number of benzene rings is 1. The van der Waals surface area contributed by atoms with Gasteiger partial charge in [-0.1, -0.05) is 18.2 Å². The van der Waals surface area contributed by atoms with Crippen LogP contribution in [0.5, 0.6) is 5.75 Å². The molecule has 1 aliphatic rings. The summed E-state index contributed by atoms with van der Waals surface area (Å²) in [7, 11) is 0. The Hall–Kier alpha value is -1.79. The molecule has 0 saturated heterocycles. The Labute approximate surface area is 155 Å². The number of rotatable bonds is 9. The minimum absolute atomic E-state index is 0. The average molecular weight is 370 g/mol. The van der Waals surface area contributed by atoms with Crippen LogP contribution in [0.15, 0.2) is 24.3 Å². The Morgan fingerprint density at radius 2 is 1.96 bits per heavy atom. The normalized spacial score (nSPS) is 15.5. The van der Waals surface area contributed by atoms with Crippen molar-refractivity contribution in [1.29, 1.82) is 0 Å². The van der Waals surface area contributed by atoms with Crippen LogP contribution in [0.2, 0.25) is 0 Å². The number of carbonyl (C=O) groups excluding carboxylic acids is 2. The van der Waals surface area contributed by atoms with Gasteiger partial charge in [-0.15, -0.1) is 12.4 Å². The summed E-state index contributed by atoms with van der Waals surface area (Å²) in [5, 5.41) is 5.85. The molecule has 0 bridgehead atoms. The molecule has 2 rings (SSSR count). The third kappa shape index (κ3) is 6.55. The number of ether oxygens (including phenoxy) is 1. The highest BCUT2D eigenvalue weighted by molar-refractivity contribution is 5.85. The summed E-state index contributed by atoms with van der Waals surface area (Å²) < 4.78 is 5.63. The topological polar surface area (TPSA) is 93.4 Å². The van der Waals surface area contributed by atoms with Crippen LogP contribution < -0.4 is 21.1 Å². The van der Waals surface area contributed by atoms with Crippen molar-refractivity contribution >= 4 is 24.2 Å². The molecular formula is C18H28ClN3O3. The minimum Gasteiger partial charge on any atom is -0.494 e. The lowest BCUT2D eigenvalue weighted by molar-refractivity contribution is -0.123. The Kier molecular flexibility index (Phi) is 8.72. The van der Waals surface area contributed by atoms with Crippen LogP contribution in [0, 0.1) is 5.92 Å². The van der Waals surface area contributed by atoms with Crippen LogP contribution in [-0.2, 0) is 9.59 Å². The van der Waals surface area contributed by atoms with Crippen molar-refractivity contribution in [3.63, 3.8) is 0 Å². The molecule has 140 valence electrons. The van der Waals surface area contributed by atoms with Gasteiger partial charge in [0.1, 0.15) is 5.75 Å². The minimum atomic E-state index is -0.428. The van der Waals surface area contributed by atoms with Gasteiger partial charge in [0.2, 0.25) is 11.8 Å². The summed E-state index contributed by atoms with van der Waals surface area (Å²) in [5.41, 5.74) is 6.55. The smallest absolute Gasteiger partial charge is 0.222 e. The summed E-state index contributed by atoms with van der Waals surface area (Å²) >= 11 is 0. The van der Waals surface area contributed by atoms with Gasteiger partial charge in [0, 0.05) is 25.1 Å². The van der Waals surface area contributed by atoms with Crippen molar-refractivity contribution in [2.45, 2.75) is 45.2 Å². The molecule has 1 aromatic carbocycles. The lowest BCUT2D eigenvalue weighted by Crippen LogP contribution is -2.43. The molecular weight excluding hydrogens is 342 g/mol. The lowest BCUT2D eigenvalue weighted by Gasteiger charge is -2.22. The summed E-state index contributed by atoms with van der Waals surface area (Å²) in [4.78, 5) is 24.0. The highest BCUT2D eigenvalue weighted by Gasteiger charge is 2.32. The van der Waals surface area contributed by atoms with E-state index in [4.69, 9.17) is 10.5 Å². The summed E-state index contributed by atoms with van der Waals surface area (Å²) in [6.07, 6.45) is 2.39. The highest BCUT2D eigenvalue weighted by atomic mass is 35.5. The Bertz CT molecular complexity index is 578. The molecule has 6 nitrogen and oxygen atoms in total. The Balaban J connectivity index is 0.00000312. The van der Waals surface area contributed by atoms with Crippen LogP contribution >= 0.6 is 12.4 Å². The molecule has 2 atom stereocenters. The first-order chi connectivity index (χ1) is 11.5. The molecule has 1 aliphatic carbocycles. The molecule has 0 aliphatic heterocycles. The van der Waals surface area contributed by atoms with Crippen LogP contribution in [0.1, 0.15) is 44.7 Å². The number of halogens is 1. The van der Waals surface area contributed by atoms with Crippen molar-refractivity contribution in [2.24, 2.45) is 11.7 Å². The van der Waals surface area contributed by atoms with Gasteiger partial charge in [-0.2, -0.15) is 0 Å². The van der Waals surface area contributed by atoms with Crippen molar-refractivity contribution < 1.29 is 14.3 Å². The lowest BCUT2D eigenvalue weighted by atomic mass is 10.0. The van der Waals surface area contributed by atoms with Crippen LogP contribution in [-0.4, -0.2) is 31.0 Å². The number of carbonyl (C=O) groups is 2. The van der Waals surface area contributed by atoms with E-state index in [1.807, 2.05) is 31.2 Å². The van der Waals surface area contributed by atoms with Gasteiger partial charge in [0.05, 0.1) is 19.1 Å². The first-order valence-corrected chi connectivity index (χ1v) is 8.53. The maximum atomic E-state index is 12.4. The fourth-order valence-electron chi connectivity index (χ4n) is 2.86. The molecule has 2 amide bonds. The van der Waals surface area contributed by atoms with E-state index in [-0.39, 0.29) is 36.7 Å². The van der Waals surface area contributed by atoms with Crippen LogP contribution in [0.25, 0.3) is 0 Å². The quantitative estimate of drug-likeness (QED) is 0.620. The number of hydrogen-bond acceptors (Lipinski definition) is 4. The summed E-state index contributed by atoms with van der Waals surface area (Å²) in [6, 6.07) is 7.06. The zero-order chi connectivity index (χ0) is 17.5. The second kappa shape index (κ2) is 10.3. The first-order valence-electron chi connectivity index (χ1n) is 8.53.